The van der Waals surface area contributed by atoms with Crippen LogP contribution < -0.4 is 5.73 Å². The van der Waals surface area contributed by atoms with Crippen LogP contribution in [0, 0.1) is 34.5 Å². The van der Waals surface area contributed by atoms with Crippen LogP contribution in [-0.2, 0) is 14.3 Å². The van der Waals surface area contributed by atoms with E-state index in [1.54, 1.807) is 0 Å². The molecule has 6 atom stereocenters. The van der Waals surface area contributed by atoms with Crippen LogP contribution in [0.5, 0.6) is 0 Å². The molecule has 2 heterocycles. The molecule has 170 valence electrons. The Bertz CT molecular complexity index is 761. The van der Waals surface area contributed by atoms with Gasteiger partial charge in [0.15, 0.2) is 0 Å². The van der Waals surface area contributed by atoms with Gasteiger partial charge in [-0.25, -0.2) is 0 Å². The molecule has 0 spiro atoms. The van der Waals surface area contributed by atoms with Crippen molar-refractivity contribution in [3.63, 3.8) is 0 Å². The maximum Gasteiger partial charge on any atom is 0.241 e. The molecular formula is C24H36N4O3. The van der Waals surface area contributed by atoms with Crippen LogP contribution in [0.25, 0.3) is 0 Å². The highest BCUT2D eigenvalue weighted by Crippen LogP contribution is 2.64. The molecule has 7 fully saturated rings. The van der Waals surface area contributed by atoms with E-state index in [2.05, 4.69) is 11.0 Å². The largest absolute Gasteiger partial charge is 0.379 e. The van der Waals surface area contributed by atoms with E-state index in [9.17, 15) is 10.1 Å². The zero-order valence-electron chi connectivity index (χ0n) is 18.5. The van der Waals surface area contributed by atoms with Crippen LogP contribution in [0.2, 0.25) is 0 Å². The molecule has 1 amide bonds. The van der Waals surface area contributed by atoms with Gasteiger partial charge in [-0.1, -0.05) is 0 Å². The minimum Gasteiger partial charge on any atom is -0.379 e. The first-order chi connectivity index (χ1) is 15.0. The van der Waals surface area contributed by atoms with Gasteiger partial charge in [0.05, 0.1) is 37.5 Å². The fourth-order valence-corrected chi connectivity index (χ4v) is 8.31. The van der Waals surface area contributed by atoms with E-state index < -0.39 is 6.04 Å². The minimum atomic E-state index is -0.490. The van der Waals surface area contributed by atoms with Gasteiger partial charge in [-0.05, 0) is 74.5 Å². The fraction of sp³-hybridized carbons (Fsp3) is 0.917. The zero-order chi connectivity index (χ0) is 21.2. The van der Waals surface area contributed by atoms with Crippen LogP contribution in [-0.4, -0.2) is 78.9 Å². The average molecular weight is 429 g/mol. The van der Waals surface area contributed by atoms with Crippen molar-refractivity contribution < 1.29 is 14.3 Å². The highest BCUT2D eigenvalue weighted by atomic mass is 16.5. The lowest BCUT2D eigenvalue weighted by Crippen LogP contribution is -2.65. The molecule has 2 aliphatic heterocycles. The number of likely N-dealkylation sites (tertiary alicyclic amines) is 1. The van der Waals surface area contributed by atoms with Crippen molar-refractivity contribution in [1.82, 2.24) is 9.80 Å². The summed E-state index contributed by atoms with van der Waals surface area (Å²) < 4.78 is 12.1. The molecule has 5 aliphatic carbocycles. The van der Waals surface area contributed by atoms with Crippen LogP contribution in [0.1, 0.15) is 51.4 Å². The van der Waals surface area contributed by atoms with Crippen molar-refractivity contribution in [2.24, 2.45) is 28.9 Å². The van der Waals surface area contributed by atoms with Gasteiger partial charge in [0.1, 0.15) is 6.04 Å². The molecule has 31 heavy (non-hydrogen) atoms. The quantitative estimate of drug-likeness (QED) is 0.690. The predicted molar refractivity (Wildman–Crippen MR) is 114 cm³/mol. The topological polar surface area (TPSA) is 91.8 Å². The van der Waals surface area contributed by atoms with E-state index in [1.165, 1.54) is 6.42 Å². The van der Waals surface area contributed by atoms with Crippen molar-refractivity contribution in [3.05, 3.63) is 0 Å². The SMILES string of the molecule is N#CC1C[C@@H]2C[C@@H]2N1C(=O)[C@@H](N)C12C[C@@H]3C[C@H](CC(OCCN4CCOCC4)(C3)C1)C2. The number of amides is 1. The lowest BCUT2D eigenvalue weighted by molar-refractivity contribution is -0.202. The number of piperidine rings is 1. The molecule has 0 aromatic rings. The highest BCUT2D eigenvalue weighted by Gasteiger charge is 2.63. The second kappa shape index (κ2) is 7.41. The van der Waals surface area contributed by atoms with Gasteiger partial charge in [-0.3, -0.25) is 9.69 Å². The maximum absolute atomic E-state index is 13.6. The number of ether oxygens (including phenoxy) is 2. The summed E-state index contributed by atoms with van der Waals surface area (Å²) in [6, 6.07) is 1.88. The lowest BCUT2D eigenvalue weighted by atomic mass is 9.46. The lowest BCUT2D eigenvalue weighted by Gasteiger charge is -2.63. The van der Waals surface area contributed by atoms with Crippen molar-refractivity contribution in [3.8, 4) is 6.07 Å². The number of carbonyl (C=O) groups excluding carboxylic acids is 1. The van der Waals surface area contributed by atoms with E-state index >= 15 is 0 Å². The Hall–Kier alpha value is -1.20. The first-order valence-electron chi connectivity index (χ1n) is 12.4. The van der Waals surface area contributed by atoms with Gasteiger partial charge in [0.2, 0.25) is 5.91 Å². The molecule has 7 nitrogen and oxygen atoms in total. The van der Waals surface area contributed by atoms with Crippen LogP contribution >= 0.6 is 0 Å². The Morgan fingerprint density at radius 3 is 2.61 bits per heavy atom. The molecular weight excluding hydrogens is 392 g/mol. The van der Waals surface area contributed by atoms with Crippen LogP contribution in [0.4, 0.5) is 0 Å². The third-order valence-corrected chi connectivity index (χ3v) is 9.41. The summed E-state index contributed by atoms with van der Waals surface area (Å²) in [5, 5.41) is 9.57. The molecule has 0 aromatic carbocycles. The molecule has 7 aliphatic rings. The summed E-state index contributed by atoms with van der Waals surface area (Å²) in [6.45, 7) is 5.32. The van der Waals surface area contributed by atoms with E-state index in [0.29, 0.717) is 17.8 Å². The van der Waals surface area contributed by atoms with Crippen molar-refractivity contribution in [2.45, 2.75) is 75.1 Å². The van der Waals surface area contributed by atoms with Gasteiger partial charge in [-0.2, -0.15) is 5.26 Å². The molecule has 7 rings (SSSR count). The zero-order valence-corrected chi connectivity index (χ0v) is 18.5. The maximum atomic E-state index is 13.6. The number of nitriles is 1. The summed E-state index contributed by atoms with van der Waals surface area (Å²) in [4.78, 5) is 17.9. The van der Waals surface area contributed by atoms with E-state index in [0.717, 1.165) is 84.4 Å². The first-order valence-corrected chi connectivity index (χ1v) is 12.4. The second-order valence-corrected chi connectivity index (χ2v) is 11.5. The van der Waals surface area contributed by atoms with Crippen molar-refractivity contribution >= 4 is 5.91 Å². The Morgan fingerprint density at radius 2 is 1.90 bits per heavy atom. The Balaban J connectivity index is 1.16. The summed E-state index contributed by atoms with van der Waals surface area (Å²) in [6.07, 6.45) is 8.47. The van der Waals surface area contributed by atoms with Gasteiger partial charge in [-0.15, -0.1) is 0 Å². The Labute approximate surface area is 185 Å². The molecule has 4 bridgehead atoms. The van der Waals surface area contributed by atoms with Gasteiger partial charge < -0.3 is 20.1 Å². The molecule has 5 saturated carbocycles. The average Bonchev–Trinajstić information content (AvgIpc) is 3.42. The monoisotopic (exact) mass is 428 g/mol. The second-order valence-electron chi connectivity index (χ2n) is 11.5. The standard InChI is InChI=1S/C24H36N4O3/c25-14-19-8-18-9-20(18)28(19)22(29)21(26)23-10-16-7-17(11-23)13-24(12-16,15-23)31-6-3-27-1-4-30-5-2-27/h16-21H,1-13,15,26H2/t16-,17-,18+,19?,20-,21+,23?,24?/m0/s1. The summed E-state index contributed by atoms with van der Waals surface area (Å²) in [5.74, 6) is 1.83. The molecule has 0 radical (unpaired) electrons. The van der Waals surface area contributed by atoms with Crippen molar-refractivity contribution in [1.29, 1.82) is 5.26 Å². The minimum absolute atomic E-state index is 0.0435. The number of carbonyl (C=O) groups is 1. The molecule has 1 unspecified atom stereocenters. The fourth-order valence-electron chi connectivity index (χ4n) is 8.31. The van der Waals surface area contributed by atoms with E-state index in [-0.39, 0.29) is 29.0 Å². The number of nitrogens with two attached hydrogens (primary N) is 1. The Kier molecular flexibility index (Phi) is 4.88. The number of hydrogen-bond acceptors (Lipinski definition) is 6. The molecule has 7 heteroatoms. The molecule has 2 N–H and O–H groups in total. The number of rotatable bonds is 6. The van der Waals surface area contributed by atoms with E-state index in [1.807, 2.05) is 4.90 Å². The summed E-state index contributed by atoms with van der Waals surface area (Å²) >= 11 is 0. The van der Waals surface area contributed by atoms with Crippen molar-refractivity contribution in [2.75, 3.05) is 39.5 Å². The van der Waals surface area contributed by atoms with Gasteiger partial charge in [0, 0.05) is 25.7 Å². The van der Waals surface area contributed by atoms with Gasteiger partial charge >= 0.3 is 0 Å². The van der Waals surface area contributed by atoms with E-state index in [4.69, 9.17) is 15.2 Å². The number of nitrogens with zero attached hydrogens (tertiary/aromatic N) is 3. The number of hydrogen-bond donors (Lipinski definition) is 1. The first kappa shape index (κ1) is 20.4. The third kappa shape index (κ3) is 3.42. The normalized spacial score (nSPS) is 46.6. The smallest absolute Gasteiger partial charge is 0.241 e. The summed E-state index contributed by atoms with van der Waals surface area (Å²) in [5.41, 5.74) is 6.57. The molecule has 2 saturated heterocycles. The highest BCUT2D eigenvalue weighted by molar-refractivity contribution is 5.84. The van der Waals surface area contributed by atoms with Crippen LogP contribution in [0.15, 0.2) is 0 Å². The number of fused-ring (bicyclic) bond motifs is 1. The Morgan fingerprint density at radius 1 is 1.16 bits per heavy atom. The number of morpholine rings is 1. The third-order valence-electron chi connectivity index (χ3n) is 9.41. The van der Waals surface area contributed by atoms with Crippen LogP contribution in [0.3, 0.4) is 0 Å². The molecule has 0 aromatic heterocycles. The predicted octanol–water partition coefficient (Wildman–Crippen LogP) is 1.51. The van der Waals surface area contributed by atoms with Gasteiger partial charge in [0.25, 0.3) is 0 Å². The summed E-state index contributed by atoms with van der Waals surface area (Å²) in [7, 11) is 0.